The average Bonchev–Trinajstić information content (AvgIpc) is 3.03. The van der Waals surface area contributed by atoms with E-state index in [9.17, 15) is 0 Å². The van der Waals surface area contributed by atoms with Crippen molar-refractivity contribution in [2.24, 2.45) is 5.92 Å². The van der Waals surface area contributed by atoms with Crippen molar-refractivity contribution >= 4 is 11.0 Å². The molecule has 0 atom stereocenters. The minimum atomic E-state index is 0.720. The molecule has 28 heavy (non-hydrogen) atoms. The lowest BCUT2D eigenvalue weighted by Crippen LogP contribution is -2.19. The molecule has 0 aliphatic carbocycles. The van der Waals surface area contributed by atoms with Gasteiger partial charge in [0, 0.05) is 13.0 Å². The Morgan fingerprint density at radius 2 is 1.46 bits per heavy atom. The zero-order chi connectivity index (χ0) is 20.0. The van der Waals surface area contributed by atoms with Gasteiger partial charge in [0.2, 0.25) is 0 Å². The Morgan fingerprint density at radius 3 is 2.11 bits per heavy atom. The van der Waals surface area contributed by atoms with E-state index in [-0.39, 0.29) is 0 Å². The third kappa shape index (κ3) is 8.24. The monoisotopic (exact) mass is 385 g/mol. The van der Waals surface area contributed by atoms with E-state index in [2.05, 4.69) is 55.1 Å². The van der Waals surface area contributed by atoms with Gasteiger partial charge in [0.1, 0.15) is 5.82 Å². The van der Waals surface area contributed by atoms with Crippen LogP contribution >= 0.6 is 0 Å². The molecule has 1 aromatic carbocycles. The minimum Gasteiger partial charge on any atom is -0.324 e. The van der Waals surface area contributed by atoms with Crippen LogP contribution < -0.4 is 5.43 Å². The number of nitrogens with zero attached hydrogens (tertiary/aromatic N) is 2. The first-order valence-corrected chi connectivity index (χ1v) is 11.9. The number of rotatable bonds is 16. The normalized spacial score (nSPS) is 11.6. The van der Waals surface area contributed by atoms with Crippen LogP contribution in [0.2, 0.25) is 0 Å². The standard InChI is InChI=1S/C25H43N3/c1-4-5-6-7-8-9-10-11-12-13-14-19-25-27-23-17-15-16-18-24(23)28(25)26-21-20-22(2)3/h15-18,22,26H,4-14,19-21H2,1-3H3. The second-order valence-electron chi connectivity index (χ2n) is 8.73. The lowest BCUT2D eigenvalue weighted by molar-refractivity contribution is 0.545. The molecule has 3 heteroatoms. The number of benzene rings is 1. The van der Waals surface area contributed by atoms with Gasteiger partial charge in [-0.05, 0) is 30.9 Å². The molecule has 0 saturated carbocycles. The molecule has 0 fully saturated rings. The topological polar surface area (TPSA) is 29.9 Å². The molecule has 2 aromatic rings. The molecule has 0 bridgehead atoms. The number of unbranched alkanes of at least 4 members (excludes halogenated alkanes) is 10. The SMILES string of the molecule is CCCCCCCCCCCCCc1nc2ccccc2n1NCCC(C)C. The molecular formula is C25H43N3. The molecule has 1 heterocycles. The van der Waals surface area contributed by atoms with Gasteiger partial charge >= 0.3 is 0 Å². The van der Waals surface area contributed by atoms with Gasteiger partial charge in [0.25, 0.3) is 0 Å². The summed E-state index contributed by atoms with van der Waals surface area (Å²) in [5.41, 5.74) is 5.93. The van der Waals surface area contributed by atoms with E-state index in [0.717, 1.165) is 24.4 Å². The third-order valence-electron chi connectivity index (χ3n) is 5.63. The molecule has 0 amide bonds. The zero-order valence-electron chi connectivity index (χ0n) is 18.7. The number of nitrogens with one attached hydrogen (secondary N) is 1. The third-order valence-corrected chi connectivity index (χ3v) is 5.63. The van der Waals surface area contributed by atoms with Crippen LogP contribution in [0.25, 0.3) is 11.0 Å². The highest BCUT2D eigenvalue weighted by Gasteiger charge is 2.10. The highest BCUT2D eigenvalue weighted by atomic mass is 15.4. The van der Waals surface area contributed by atoms with Gasteiger partial charge in [-0.15, -0.1) is 0 Å². The number of hydrogen-bond acceptors (Lipinski definition) is 2. The summed E-state index contributed by atoms with van der Waals surface area (Å²) in [5, 5.41) is 0. The quantitative estimate of drug-likeness (QED) is 0.303. The zero-order valence-corrected chi connectivity index (χ0v) is 18.7. The van der Waals surface area contributed by atoms with Gasteiger partial charge in [0.15, 0.2) is 0 Å². The van der Waals surface area contributed by atoms with Gasteiger partial charge in [-0.2, -0.15) is 0 Å². The molecule has 2 rings (SSSR count). The van der Waals surface area contributed by atoms with Crippen LogP contribution in [0, 0.1) is 5.92 Å². The van der Waals surface area contributed by atoms with Crippen LogP contribution in [0.15, 0.2) is 24.3 Å². The first kappa shape index (κ1) is 22.8. The van der Waals surface area contributed by atoms with E-state index in [0.29, 0.717) is 0 Å². The molecule has 0 aliphatic rings. The van der Waals surface area contributed by atoms with Gasteiger partial charge in [-0.25, -0.2) is 9.66 Å². The minimum absolute atomic E-state index is 0.720. The molecule has 3 nitrogen and oxygen atoms in total. The van der Waals surface area contributed by atoms with Gasteiger partial charge in [0.05, 0.1) is 11.0 Å². The number of imidazole rings is 1. The Bertz CT molecular complexity index is 644. The molecule has 0 unspecified atom stereocenters. The lowest BCUT2D eigenvalue weighted by Gasteiger charge is -2.13. The number of aryl methyl sites for hydroxylation is 1. The van der Waals surface area contributed by atoms with Crippen molar-refractivity contribution in [3.05, 3.63) is 30.1 Å². The number of fused-ring (bicyclic) bond motifs is 1. The number of hydrogen-bond donors (Lipinski definition) is 1. The predicted octanol–water partition coefficient (Wildman–Crippen LogP) is 7.48. The average molecular weight is 386 g/mol. The summed E-state index contributed by atoms with van der Waals surface area (Å²) in [7, 11) is 0. The van der Waals surface area contributed by atoms with Crippen LogP contribution in [-0.4, -0.2) is 16.2 Å². The van der Waals surface area contributed by atoms with Gasteiger partial charge in [-0.3, -0.25) is 0 Å². The second-order valence-corrected chi connectivity index (χ2v) is 8.73. The lowest BCUT2D eigenvalue weighted by atomic mass is 10.1. The summed E-state index contributed by atoms with van der Waals surface area (Å²) >= 11 is 0. The van der Waals surface area contributed by atoms with E-state index in [1.807, 2.05) is 0 Å². The molecule has 0 spiro atoms. The summed E-state index contributed by atoms with van der Waals surface area (Å²) in [6, 6.07) is 8.49. The van der Waals surface area contributed by atoms with Crippen LogP contribution in [0.5, 0.6) is 0 Å². The van der Waals surface area contributed by atoms with E-state index in [1.54, 1.807) is 0 Å². The first-order valence-electron chi connectivity index (χ1n) is 11.9. The molecule has 1 aromatic heterocycles. The van der Waals surface area contributed by atoms with Crippen molar-refractivity contribution in [1.29, 1.82) is 0 Å². The maximum atomic E-state index is 4.89. The van der Waals surface area contributed by atoms with Crippen molar-refractivity contribution in [1.82, 2.24) is 9.66 Å². The highest BCUT2D eigenvalue weighted by Crippen LogP contribution is 2.17. The number of aromatic nitrogens is 2. The molecule has 158 valence electrons. The van der Waals surface area contributed by atoms with Crippen molar-refractivity contribution in [3.63, 3.8) is 0 Å². The summed E-state index contributed by atoms with van der Waals surface area (Å²) in [6.45, 7) is 7.85. The highest BCUT2D eigenvalue weighted by molar-refractivity contribution is 5.76. The summed E-state index contributed by atoms with van der Waals surface area (Å²) < 4.78 is 2.24. The Labute approximate surface area is 173 Å². The van der Waals surface area contributed by atoms with E-state index in [4.69, 9.17) is 4.98 Å². The number of para-hydroxylation sites is 2. The smallest absolute Gasteiger partial charge is 0.128 e. The van der Waals surface area contributed by atoms with Crippen molar-refractivity contribution in [3.8, 4) is 0 Å². The fourth-order valence-electron chi connectivity index (χ4n) is 3.83. The molecular weight excluding hydrogens is 342 g/mol. The molecule has 0 saturated heterocycles. The van der Waals surface area contributed by atoms with Gasteiger partial charge in [-0.1, -0.05) is 97.1 Å². The fourth-order valence-corrected chi connectivity index (χ4v) is 3.83. The first-order chi connectivity index (χ1) is 13.7. The predicted molar refractivity (Wildman–Crippen MR) is 124 cm³/mol. The van der Waals surface area contributed by atoms with Crippen LogP contribution in [-0.2, 0) is 6.42 Å². The fraction of sp³-hybridized carbons (Fsp3) is 0.720. The van der Waals surface area contributed by atoms with Crippen LogP contribution in [0.1, 0.15) is 104 Å². The van der Waals surface area contributed by atoms with E-state index >= 15 is 0 Å². The van der Waals surface area contributed by atoms with Crippen LogP contribution in [0.3, 0.4) is 0 Å². The molecule has 1 N–H and O–H groups in total. The molecule has 0 radical (unpaired) electrons. The van der Waals surface area contributed by atoms with E-state index in [1.165, 1.54) is 88.4 Å². The van der Waals surface area contributed by atoms with Gasteiger partial charge < -0.3 is 5.43 Å². The van der Waals surface area contributed by atoms with Crippen molar-refractivity contribution in [2.45, 2.75) is 104 Å². The Hall–Kier alpha value is -1.51. The molecule has 0 aliphatic heterocycles. The van der Waals surface area contributed by atoms with Crippen molar-refractivity contribution < 1.29 is 0 Å². The maximum Gasteiger partial charge on any atom is 0.128 e. The Kier molecular flexibility index (Phi) is 11.1. The summed E-state index contributed by atoms with van der Waals surface area (Å²) in [4.78, 5) is 4.89. The maximum absolute atomic E-state index is 4.89. The van der Waals surface area contributed by atoms with Crippen LogP contribution in [0.4, 0.5) is 0 Å². The Morgan fingerprint density at radius 1 is 0.857 bits per heavy atom. The largest absolute Gasteiger partial charge is 0.324 e. The van der Waals surface area contributed by atoms with E-state index < -0.39 is 0 Å². The Balaban J connectivity index is 1.68. The second kappa shape index (κ2) is 13.6. The summed E-state index contributed by atoms with van der Waals surface area (Å²) in [5.74, 6) is 1.92. The summed E-state index contributed by atoms with van der Waals surface area (Å²) in [6.07, 6.45) is 17.5. The van der Waals surface area contributed by atoms with Crippen molar-refractivity contribution in [2.75, 3.05) is 12.0 Å².